The number of amides is 1. The summed E-state index contributed by atoms with van der Waals surface area (Å²) in [5.41, 5.74) is 0.808. The van der Waals surface area contributed by atoms with Crippen molar-refractivity contribution in [3.63, 3.8) is 0 Å². The lowest BCUT2D eigenvalue weighted by Crippen LogP contribution is -2.17. The van der Waals surface area contributed by atoms with Crippen LogP contribution in [0.1, 0.15) is 16.7 Å². The Kier molecular flexibility index (Phi) is 7.73. The normalized spacial score (nSPS) is 14.4. The van der Waals surface area contributed by atoms with Crippen LogP contribution in [0.5, 0.6) is 11.5 Å². The fraction of sp³-hybridized carbons (Fsp3) is 0.0833. The van der Waals surface area contributed by atoms with Crippen molar-refractivity contribution >= 4 is 63.5 Å². The molecule has 3 aromatic rings. The lowest BCUT2D eigenvalue weighted by atomic mass is 10.1. The van der Waals surface area contributed by atoms with Crippen LogP contribution in [0.2, 0.25) is 10.0 Å². The molecule has 4 nitrogen and oxygen atoms in total. The maximum Gasteiger partial charge on any atom is 0.263 e. The van der Waals surface area contributed by atoms with Crippen LogP contribution in [-0.4, -0.2) is 10.2 Å². The number of ether oxygens (including phenoxy) is 2. The highest BCUT2D eigenvalue weighted by atomic mass is 35.5. The molecule has 1 N–H and O–H groups in total. The summed E-state index contributed by atoms with van der Waals surface area (Å²) < 4.78 is 40.6. The summed E-state index contributed by atoms with van der Waals surface area (Å²) in [4.78, 5) is 12.5. The molecule has 1 saturated heterocycles. The minimum Gasteiger partial charge on any atom is -0.485 e. The maximum atomic E-state index is 14.3. The first kappa shape index (κ1) is 24.5. The number of hydrogen-bond donors (Lipinski definition) is 1. The van der Waals surface area contributed by atoms with Crippen LogP contribution in [0.25, 0.3) is 6.08 Å². The van der Waals surface area contributed by atoms with Gasteiger partial charge in [0.2, 0.25) is 0 Å². The van der Waals surface area contributed by atoms with Crippen LogP contribution in [-0.2, 0) is 18.0 Å². The van der Waals surface area contributed by atoms with Crippen LogP contribution in [0.15, 0.2) is 59.5 Å². The molecule has 0 radical (unpaired) electrons. The Morgan fingerprint density at radius 3 is 2.06 bits per heavy atom. The molecular formula is C24H15Cl2F2NO3S2. The second-order valence-electron chi connectivity index (χ2n) is 7.00. The number of carbonyl (C=O) groups is 1. The van der Waals surface area contributed by atoms with Crippen LogP contribution < -0.4 is 14.8 Å². The van der Waals surface area contributed by atoms with Gasteiger partial charge in [0.1, 0.15) is 29.2 Å². The van der Waals surface area contributed by atoms with E-state index in [1.165, 1.54) is 24.3 Å². The van der Waals surface area contributed by atoms with Gasteiger partial charge < -0.3 is 14.8 Å². The smallest absolute Gasteiger partial charge is 0.263 e. The molecule has 0 unspecified atom stereocenters. The second kappa shape index (κ2) is 10.7. The van der Waals surface area contributed by atoms with Crippen molar-refractivity contribution < 1.29 is 23.0 Å². The summed E-state index contributed by atoms with van der Waals surface area (Å²) in [6.07, 6.45) is 1.58. The van der Waals surface area contributed by atoms with Gasteiger partial charge in [0, 0.05) is 16.7 Å². The van der Waals surface area contributed by atoms with Gasteiger partial charge in [-0.15, -0.1) is 0 Å². The molecule has 0 aromatic heterocycles. The van der Waals surface area contributed by atoms with Crippen molar-refractivity contribution in [2.24, 2.45) is 0 Å². The van der Waals surface area contributed by atoms with E-state index in [1.54, 1.807) is 36.4 Å². The highest BCUT2D eigenvalue weighted by Gasteiger charge is 2.23. The molecule has 0 aliphatic carbocycles. The van der Waals surface area contributed by atoms with E-state index in [2.05, 4.69) is 5.32 Å². The predicted molar refractivity (Wildman–Crippen MR) is 134 cm³/mol. The summed E-state index contributed by atoms with van der Waals surface area (Å²) in [5.74, 6) is -0.929. The number of thioether (sulfide) groups is 1. The van der Waals surface area contributed by atoms with E-state index in [0.717, 1.165) is 11.8 Å². The molecule has 0 saturated carbocycles. The van der Waals surface area contributed by atoms with Crippen LogP contribution in [0.4, 0.5) is 8.78 Å². The largest absolute Gasteiger partial charge is 0.485 e. The van der Waals surface area contributed by atoms with Crippen molar-refractivity contribution in [3.05, 3.63) is 97.9 Å². The third kappa shape index (κ3) is 5.52. The van der Waals surface area contributed by atoms with Gasteiger partial charge in [-0.05, 0) is 36.4 Å². The number of nitrogens with one attached hydrogen (secondary N) is 1. The van der Waals surface area contributed by atoms with E-state index in [-0.39, 0.29) is 51.8 Å². The molecule has 3 aromatic carbocycles. The molecule has 1 aliphatic heterocycles. The summed E-state index contributed by atoms with van der Waals surface area (Å²) in [6, 6.07) is 13.6. The number of thiocarbonyl (C=S) groups is 1. The SMILES string of the molecule is O=C1NC(=S)S/C1=C\c1cccc(OCc2c(F)cccc2Cl)c1OCc1c(F)cccc1Cl. The Morgan fingerprint density at radius 1 is 0.912 bits per heavy atom. The van der Waals surface area contributed by atoms with Crippen molar-refractivity contribution in [3.8, 4) is 11.5 Å². The molecule has 1 aliphatic rings. The summed E-state index contributed by atoms with van der Waals surface area (Å²) in [7, 11) is 0. The first-order valence-corrected chi connectivity index (χ1v) is 11.8. The molecule has 174 valence electrons. The van der Waals surface area contributed by atoms with Crippen molar-refractivity contribution in [1.82, 2.24) is 5.32 Å². The predicted octanol–water partition coefficient (Wildman–Crippen LogP) is 6.92. The molecule has 10 heteroatoms. The molecule has 0 atom stereocenters. The van der Waals surface area contributed by atoms with Crippen molar-refractivity contribution in [2.75, 3.05) is 0 Å². The quantitative estimate of drug-likeness (QED) is 0.262. The Balaban J connectivity index is 1.69. The third-order valence-corrected chi connectivity index (χ3v) is 6.67. The van der Waals surface area contributed by atoms with E-state index in [1.807, 2.05) is 0 Å². The Morgan fingerprint density at radius 2 is 1.50 bits per heavy atom. The summed E-state index contributed by atoms with van der Waals surface area (Å²) >= 11 is 18.4. The van der Waals surface area contributed by atoms with E-state index in [9.17, 15) is 13.6 Å². The van der Waals surface area contributed by atoms with E-state index in [4.69, 9.17) is 44.9 Å². The fourth-order valence-electron chi connectivity index (χ4n) is 3.11. The molecule has 1 heterocycles. The number of halogens is 4. The third-order valence-electron chi connectivity index (χ3n) is 4.79. The van der Waals surface area contributed by atoms with E-state index < -0.39 is 11.6 Å². The topological polar surface area (TPSA) is 47.6 Å². The second-order valence-corrected chi connectivity index (χ2v) is 9.54. The Hall–Kier alpha value is -2.65. The van der Waals surface area contributed by atoms with Gasteiger partial charge in [-0.25, -0.2) is 8.78 Å². The molecule has 4 rings (SSSR count). The molecule has 0 bridgehead atoms. The van der Waals surface area contributed by atoms with Crippen LogP contribution in [0, 0.1) is 11.6 Å². The molecule has 34 heavy (non-hydrogen) atoms. The van der Waals surface area contributed by atoms with Gasteiger partial charge in [0.05, 0.1) is 15.0 Å². The monoisotopic (exact) mass is 537 g/mol. The number of benzene rings is 3. The molecule has 1 fully saturated rings. The molecular weight excluding hydrogens is 523 g/mol. The van der Waals surface area contributed by atoms with Gasteiger partial charge in [-0.2, -0.15) is 0 Å². The average molecular weight is 538 g/mol. The first-order chi connectivity index (χ1) is 16.3. The van der Waals surface area contributed by atoms with Gasteiger partial charge in [0.25, 0.3) is 5.91 Å². The number of rotatable bonds is 7. The molecule has 1 amide bonds. The minimum absolute atomic E-state index is 0.156. The van der Waals surface area contributed by atoms with E-state index >= 15 is 0 Å². The van der Waals surface area contributed by atoms with Crippen LogP contribution in [0.3, 0.4) is 0 Å². The zero-order chi connectivity index (χ0) is 24.2. The number of para-hydroxylation sites is 1. The van der Waals surface area contributed by atoms with Crippen LogP contribution >= 0.6 is 47.2 Å². The number of carbonyl (C=O) groups excluding carboxylic acids is 1. The van der Waals surface area contributed by atoms with Crippen molar-refractivity contribution in [2.45, 2.75) is 13.2 Å². The lowest BCUT2D eigenvalue weighted by molar-refractivity contribution is -0.115. The van der Waals surface area contributed by atoms with Crippen molar-refractivity contribution in [1.29, 1.82) is 0 Å². The van der Waals surface area contributed by atoms with Gasteiger partial charge in [-0.1, -0.05) is 71.4 Å². The van der Waals surface area contributed by atoms with Gasteiger partial charge >= 0.3 is 0 Å². The lowest BCUT2D eigenvalue weighted by Gasteiger charge is -2.17. The highest BCUT2D eigenvalue weighted by Crippen LogP contribution is 2.37. The zero-order valence-electron chi connectivity index (χ0n) is 17.2. The molecule has 0 spiro atoms. The zero-order valence-corrected chi connectivity index (χ0v) is 20.4. The van der Waals surface area contributed by atoms with Gasteiger partial charge in [0.15, 0.2) is 11.5 Å². The Bertz CT molecular complexity index is 1280. The maximum absolute atomic E-state index is 14.3. The number of hydrogen-bond acceptors (Lipinski definition) is 5. The fourth-order valence-corrected chi connectivity index (χ4v) is 4.58. The standard InChI is InChI=1S/C24H15Cl2F2NO3S2/c25-16-5-2-7-18(27)14(16)11-31-20-9-1-4-13(10-21-23(30)29-24(33)34-21)22(20)32-12-15-17(26)6-3-8-19(15)28/h1-10H,11-12H2,(H,29,30,33)/b21-10-. The van der Waals surface area contributed by atoms with E-state index in [0.29, 0.717) is 14.8 Å². The Labute approximate surface area is 213 Å². The highest BCUT2D eigenvalue weighted by molar-refractivity contribution is 8.26. The minimum atomic E-state index is -0.528. The first-order valence-electron chi connectivity index (χ1n) is 9.82. The average Bonchev–Trinajstić information content (AvgIpc) is 3.10. The summed E-state index contributed by atoms with van der Waals surface area (Å²) in [5, 5.41) is 2.96. The summed E-state index contributed by atoms with van der Waals surface area (Å²) in [6.45, 7) is -0.387. The van der Waals surface area contributed by atoms with Gasteiger partial charge in [-0.3, -0.25) is 4.79 Å².